The lowest BCUT2D eigenvalue weighted by molar-refractivity contribution is -0.119. The number of benzene rings is 1. The first-order chi connectivity index (χ1) is 8.97. The van der Waals surface area contributed by atoms with Gasteiger partial charge in [0, 0.05) is 26.5 Å². The first kappa shape index (κ1) is 15.1. The Morgan fingerprint density at radius 1 is 1.37 bits per heavy atom. The molecule has 1 amide bonds. The van der Waals surface area contributed by atoms with E-state index in [1.807, 2.05) is 0 Å². The highest BCUT2D eigenvalue weighted by molar-refractivity contribution is 5.97. The summed E-state index contributed by atoms with van der Waals surface area (Å²) < 4.78 is 4.87. The van der Waals surface area contributed by atoms with Gasteiger partial charge in [-0.25, -0.2) is 4.79 Å². The van der Waals surface area contributed by atoms with Gasteiger partial charge >= 0.3 is 5.97 Å². The van der Waals surface area contributed by atoms with Crippen molar-refractivity contribution >= 4 is 17.6 Å². The van der Waals surface area contributed by atoms with Crippen LogP contribution in [0.4, 0.5) is 5.69 Å². The summed E-state index contributed by atoms with van der Waals surface area (Å²) in [5.41, 5.74) is 6.53. The molecule has 1 unspecified atom stereocenters. The van der Waals surface area contributed by atoms with Crippen LogP contribution in [-0.2, 0) is 9.53 Å². The van der Waals surface area contributed by atoms with Gasteiger partial charge < -0.3 is 20.5 Å². The highest BCUT2D eigenvalue weighted by Gasteiger charge is 2.19. The number of nitrogens with zero attached hydrogens (tertiary/aromatic N) is 1. The van der Waals surface area contributed by atoms with Crippen LogP contribution in [-0.4, -0.2) is 43.8 Å². The number of aromatic carboxylic acids is 1. The Morgan fingerprint density at radius 3 is 2.42 bits per heavy atom. The molecule has 0 bridgehead atoms. The fourth-order valence-corrected chi connectivity index (χ4v) is 1.57. The van der Waals surface area contributed by atoms with Crippen LogP contribution in [0.2, 0.25) is 0 Å². The number of hydrogen-bond donors (Lipinski definition) is 2. The maximum absolute atomic E-state index is 12.0. The molecule has 0 aliphatic rings. The predicted molar refractivity (Wildman–Crippen MR) is 71.3 cm³/mol. The molecule has 0 heterocycles. The molecule has 3 N–H and O–H groups in total. The summed E-state index contributed by atoms with van der Waals surface area (Å²) in [6.45, 7) is 0.415. The van der Waals surface area contributed by atoms with Crippen LogP contribution >= 0.6 is 0 Å². The van der Waals surface area contributed by atoms with Gasteiger partial charge in [0.15, 0.2) is 0 Å². The van der Waals surface area contributed by atoms with E-state index in [0.717, 1.165) is 0 Å². The number of anilines is 1. The quantitative estimate of drug-likeness (QED) is 0.791. The zero-order chi connectivity index (χ0) is 14.4. The maximum Gasteiger partial charge on any atom is 0.335 e. The van der Waals surface area contributed by atoms with Crippen LogP contribution in [0.25, 0.3) is 0 Å². The van der Waals surface area contributed by atoms with E-state index in [0.29, 0.717) is 18.7 Å². The van der Waals surface area contributed by atoms with Crippen LogP contribution in [0.1, 0.15) is 16.8 Å². The summed E-state index contributed by atoms with van der Waals surface area (Å²) >= 11 is 0. The van der Waals surface area contributed by atoms with Crippen molar-refractivity contribution in [2.45, 2.75) is 12.5 Å². The van der Waals surface area contributed by atoms with Crippen molar-refractivity contribution in [1.82, 2.24) is 0 Å². The Kier molecular flexibility index (Phi) is 5.47. The molecular formula is C13H18N2O4. The highest BCUT2D eigenvalue weighted by Crippen LogP contribution is 2.15. The number of amides is 1. The van der Waals surface area contributed by atoms with Gasteiger partial charge in [-0.1, -0.05) is 0 Å². The van der Waals surface area contributed by atoms with E-state index in [1.54, 1.807) is 26.3 Å². The summed E-state index contributed by atoms with van der Waals surface area (Å²) in [7, 11) is 3.15. The molecule has 104 valence electrons. The summed E-state index contributed by atoms with van der Waals surface area (Å²) in [6.07, 6.45) is 0.437. The standard InChI is InChI=1S/C13H18N2O4/c1-15(12(16)11(14)7-8-19-2)10-5-3-9(4-6-10)13(17)18/h3-6,11H,7-8,14H2,1-2H3,(H,17,18). The smallest absolute Gasteiger partial charge is 0.335 e. The number of methoxy groups -OCH3 is 1. The summed E-state index contributed by atoms with van der Waals surface area (Å²) in [5.74, 6) is -1.24. The maximum atomic E-state index is 12.0. The number of carbonyl (C=O) groups excluding carboxylic acids is 1. The average Bonchev–Trinajstić information content (AvgIpc) is 2.43. The minimum atomic E-state index is -1.00. The van der Waals surface area contributed by atoms with Gasteiger partial charge in [-0.15, -0.1) is 0 Å². The summed E-state index contributed by atoms with van der Waals surface area (Å²) in [4.78, 5) is 24.1. The zero-order valence-corrected chi connectivity index (χ0v) is 11.0. The van der Waals surface area contributed by atoms with Crippen LogP contribution in [0.3, 0.4) is 0 Å². The fraction of sp³-hybridized carbons (Fsp3) is 0.385. The monoisotopic (exact) mass is 266 g/mol. The molecule has 0 saturated heterocycles. The molecule has 0 aliphatic carbocycles. The van der Waals surface area contributed by atoms with Crippen LogP contribution in [0.15, 0.2) is 24.3 Å². The largest absolute Gasteiger partial charge is 0.478 e. The Hall–Kier alpha value is -1.92. The molecule has 1 atom stereocenters. The SMILES string of the molecule is COCCC(N)C(=O)N(C)c1ccc(C(=O)O)cc1. The molecule has 6 nitrogen and oxygen atoms in total. The number of nitrogens with two attached hydrogens (primary N) is 1. The number of carboxylic acids is 1. The molecule has 1 aromatic rings. The Balaban J connectivity index is 2.73. The number of rotatable bonds is 6. The van der Waals surface area contributed by atoms with E-state index in [9.17, 15) is 9.59 Å². The van der Waals surface area contributed by atoms with E-state index in [4.69, 9.17) is 15.6 Å². The average molecular weight is 266 g/mol. The third kappa shape index (κ3) is 4.04. The zero-order valence-electron chi connectivity index (χ0n) is 11.0. The van der Waals surface area contributed by atoms with Gasteiger partial charge in [-0.3, -0.25) is 4.79 Å². The summed E-state index contributed by atoms with van der Waals surface area (Å²) in [6, 6.07) is 5.41. The fourth-order valence-electron chi connectivity index (χ4n) is 1.57. The normalized spacial score (nSPS) is 11.9. The van der Waals surface area contributed by atoms with Gasteiger partial charge in [-0.2, -0.15) is 0 Å². The van der Waals surface area contributed by atoms with E-state index >= 15 is 0 Å². The van der Waals surface area contributed by atoms with Gasteiger partial charge in [0.05, 0.1) is 11.6 Å². The summed E-state index contributed by atoms with van der Waals surface area (Å²) in [5, 5.41) is 8.79. The van der Waals surface area contributed by atoms with Crippen molar-refractivity contribution in [3.05, 3.63) is 29.8 Å². The molecular weight excluding hydrogens is 248 g/mol. The van der Waals surface area contributed by atoms with Gasteiger partial charge in [0.2, 0.25) is 5.91 Å². The van der Waals surface area contributed by atoms with E-state index < -0.39 is 12.0 Å². The minimum absolute atomic E-state index is 0.174. The number of hydrogen-bond acceptors (Lipinski definition) is 4. The highest BCUT2D eigenvalue weighted by atomic mass is 16.5. The van der Waals surface area contributed by atoms with E-state index in [-0.39, 0.29) is 11.5 Å². The Morgan fingerprint density at radius 2 is 1.95 bits per heavy atom. The van der Waals surface area contributed by atoms with Gasteiger partial charge in [-0.05, 0) is 30.7 Å². The first-order valence-corrected chi connectivity index (χ1v) is 5.82. The Labute approximate surface area is 111 Å². The molecule has 0 aliphatic heterocycles. The van der Waals surface area contributed by atoms with Crippen molar-refractivity contribution in [3.8, 4) is 0 Å². The van der Waals surface area contributed by atoms with Crippen molar-refractivity contribution in [1.29, 1.82) is 0 Å². The molecule has 1 rings (SSSR count). The van der Waals surface area contributed by atoms with Crippen LogP contribution in [0, 0.1) is 0 Å². The van der Waals surface area contributed by atoms with E-state index in [2.05, 4.69) is 0 Å². The molecule has 0 fully saturated rings. The second kappa shape index (κ2) is 6.86. The molecule has 19 heavy (non-hydrogen) atoms. The lowest BCUT2D eigenvalue weighted by Crippen LogP contribution is -2.42. The molecule has 1 aromatic carbocycles. The van der Waals surface area contributed by atoms with Crippen molar-refractivity contribution in [3.63, 3.8) is 0 Å². The lowest BCUT2D eigenvalue weighted by atomic mass is 10.1. The second-order valence-electron chi connectivity index (χ2n) is 4.14. The number of likely N-dealkylation sites (N-methyl/N-ethyl adjacent to an activating group) is 1. The van der Waals surface area contributed by atoms with Gasteiger partial charge in [0.1, 0.15) is 0 Å². The number of ether oxygens (including phenoxy) is 1. The van der Waals surface area contributed by atoms with Crippen molar-refractivity contribution < 1.29 is 19.4 Å². The second-order valence-corrected chi connectivity index (χ2v) is 4.14. The molecule has 0 spiro atoms. The lowest BCUT2D eigenvalue weighted by Gasteiger charge is -2.21. The van der Waals surface area contributed by atoms with Crippen LogP contribution < -0.4 is 10.6 Å². The molecule has 0 radical (unpaired) electrons. The predicted octanol–water partition coefficient (Wildman–Crippen LogP) is 0.711. The molecule has 0 saturated carbocycles. The van der Waals surface area contributed by atoms with Crippen LogP contribution in [0.5, 0.6) is 0 Å². The number of carbonyl (C=O) groups is 2. The Bertz CT molecular complexity index is 444. The topological polar surface area (TPSA) is 92.9 Å². The van der Waals surface area contributed by atoms with Crippen molar-refractivity contribution in [2.24, 2.45) is 5.73 Å². The van der Waals surface area contributed by atoms with Crippen molar-refractivity contribution in [2.75, 3.05) is 25.7 Å². The third-order valence-electron chi connectivity index (χ3n) is 2.78. The van der Waals surface area contributed by atoms with E-state index in [1.165, 1.54) is 17.0 Å². The number of carboxylic acid groups (broad SMARTS) is 1. The third-order valence-corrected chi connectivity index (χ3v) is 2.78. The molecule has 6 heteroatoms. The van der Waals surface area contributed by atoms with Gasteiger partial charge in [0.25, 0.3) is 0 Å². The first-order valence-electron chi connectivity index (χ1n) is 5.82. The minimum Gasteiger partial charge on any atom is -0.478 e. The molecule has 0 aromatic heterocycles.